The molecule has 0 saturated carbocycles. The molecule has 0 atom stereocenters. The number of hydrogen-bond donors (Lipinski definition) is 0. The van der Waals surface area contributed by atoms with E-state index in [2.05, 4.69) is 0 Å². The van der Waals surface area contributed by atoms with Crippen LogP contribution in [-0.4, -0.2) is 0 Å². The van der Waals surface area contributed by atoms with Crippen LogP contribution in [0.1, 0.15) is 0 Å². The fourth-order valence-corrected chi connectivity index (χ4v) is 0.778. The van der Waals surface area contributed by atoms with Gasteiger partial charge in [0.1, 0.15) is 12.1 Å². The molecule has 0 bridgehead atoms. The van der Waals surface area contributed by atoms with E-state index in [1.165, 1.54) is 0 Å². The second-order valence-corrected chi connectivity index (χ2v) is 2.12. The Labute approximate surface area is 76.7 Å². The SMILES string of the molecule is C[n+]1cccc(Cl)c1.[I-]. The topological polar surface area (TPSA) is 3.88 Å². The molecule has 1 aromatic heterocycles. The summed E-state index contributed by atoms with van der Waals surface area (Å²) in [5.74, 6) is 0. The molecule has 0 aliphatic rings. The van der Waals surface area contributed by atoms with Crippen LogP contribution in [0.2, 0.25) is 5.02 Å². The number of rotatable bonds is 0. The summed E-state index contributed by atoms with van der Waals surface area (Å²) in [4.78, 5) is 0. The van der Waals surface area contributed by atoms with Crippen molar-refractivity contribution in [3.05, 3.63) is 29.5 Å². The highest BCUT2D eigenvalue weighted by Gasteiger charge is 1.89. The van der Waals surface area contributed by atoms with Gasteiger partial charge in [-0.3, -0.25) is 0 Å². The second kappa shape index (κ2) is 4.06. The molecule has 0 spiro atoms. The summed E-state index contributed by atoms with van der Waals surface area (Å²) in [6.07, 6.45) is 3.79. The lowest BCUT2D eigenvalue weighted by Gasteiger charge is -1.83. The first-order valence-electron chi connectivity index (χ1n) is 2.40. The molecular formula is C6H7ClIN. The van der Waals surface area contributed by atoms with Crippen molar-refractivity contribution in [3.8, 4) is 0 Å². The van der Waals surface area contributed by atoms with E-state index in [1.54, 1.807) is 0 Å². The number of aromatic nitrogens is 1. The van der Waals surface area contributed by atoms with Gasteiger partial charge in [-0.15, -0.1) is 0 Å². The third-order valence-corrected chi connectivity index (χ3v) is 1.13. The van der Waals surface area contributed by atoms with E-state index in [9.17, 15) is 0 Å². The summed E-state index contributed by atoms with van der Waals surface area (Å²) in [7, 11) is 1.94. The van der Waals surface area contributed by atoms with Crippen molar-refractivity contribution in [2.75, 3.05) is 0 Å². The van der Waals surface area contributed by atoms with Crippen LogP contribution in [0.15, 0.2) is 24.5 Å². The molecule has 0 saturated heterocycles. The maximum absolute atomic E-state index is 5.62. The summed E-state index contributed by atoms with van der Waals surface area (Å²) in [5.41, 5.74) is 0. The lowest BCUT2D eigenvalue weighted by molar-refractivity contribution is -0.671. The fourth-order valence-electron chi connectivity index (χ4n) is 0.551. The van der Waals surface area contributed by atoms with Crippen molar-refractivity contribution in [3.63, 3.8) is 0 Å². The minimum atomic E-state index is 0. The molecule has 50 valence electrons. The van der Waals surface area contributed by atoms with E-state index in [1.807, 2.05) is 36.1 Å². The van der Waals surface area contributed by atoms with Gasteiger partial charge in [0, 0.05) is 6.07 Å². The van der Waals surface area contributed by atoms with E-state index < -0.39 is 0 Å². The first-order chi connectivity index (χ1) is 3.79. The van der Waals surface area contributed by atoms with Gasteiger partial charge in [-0.1, -0.05) is 11.6 Å². The monoisotopic (exact) mass is 255 g/mol. The van der Waals surface area contributed by atoms with Crippen LogP contribution in [0.3, 0.4) is 0 Å². The Kier molecular flexibility index (Phi) is 4.14. The molecule has 0 N–H and O–H groups in total. The van der Waals surface area contributed by atoms with Gasteiger partial charge < -0.3 is 24.0 Å². The quantitative estimate of drug-likeness (QED) is 0.379. The van der Waals surface area contributed by atoms with Crippen LogP contribution in [0.25, 0.3) is 0 Å². The summed E-state index contributed by atoms with van der Waals surface area (Å²) in [6, 6.07) is 3.75. The van der Waals surface area contributed by atoms with Gasteiger partial charge in [-0.25, -0.2) is 4.57 Å². The van der Waals surface area contributed by atoms with Gasteiger partial charge >= 0.3 is 0 Å². The largest absolute Gasteiger partial charge is 1.00 e. The molecule has 0 amide bonds. The van der Waals surface area contributed by atoms with Crippen LogP contribution >= 0.6 is 11.6 Å². The fraction of sp³-hybridized carbons (Fsp3) is 0.167. The standard InChI is InChI=1S/C6H7ClN.HI/c1-8-4-2-3-6(7)5-8;/h2-5H,1H3;1H/q+1;/p-1. The maximum Gasteiger partial charge on any atom is 0.187 e. The van der Waals surface area contributed by atoms with E-state index >= 15 is 0 Å². The molecule has 0 aliphatic carbocycles. The normalized spacial score (nSPS) is 8.22. The van der Waals surface area contributed by atoms with Gasteiger partial charge in [0.05, 0.1) is 0 Å². The van der Waals surface area contributed by atoms with Crippen LogP contribution in [0, 0.1) is 0 Å². The van der Waals surface area contributed by atoms with Crippen molar-refractivity contribution in [1.29, 1.82) is 0 Å². The lowest BCUT2D eigenvalue weighted by atomic mass is 10.5. The third-order valence-electron chi connectivity index (χ3n) is 0.904. The molecule has 1 aromatic rings. The highest BCUT2D eigenvalue weighted by Crippen LogP contribution is 1.99. The first-order valence-corrected chi connectivity index (χ1v) is 2.77. The van der Waals surface area contributed by atoms with Gasteiger partial charge in [-0.2, -0.15) is 0 Å². The van der Waals surface area contributed by atoms with E-state index in [-0.39, 0.29) is 24.0 Å². The Morgan fingerprint density at radius 1 is 1.56 bits per heavy atom. The zero-order valence-electron chi connectivity index (χ0n) is 5.01. The van der Waals surface area contributed by atoms with Crippen LogP contribution in [0.5, 0.6) is 0 Å². The Morgan fingerprint density at radius 2 is 2.22 bits per heavy atom. The van der Waals surface area contributed by atoms with Gasteiger partial charge in [-0.05, 0) is 6.07 Å². The van der Waals surface area contributed by atoms with Gasteiger partial charge in [0.15, 0.2) is 12.4 Å². The average molecular weight is 255 g/mol. The molecule has 0 aromatic carbocycles. The van der Waals surface area contributed by atoms with Crippen LogP contribution < -0.4 is 28.5 Å². The molecule has 0 fully saturated rings. The summed E-state index contributed by atoms with van der Waals surface area (Å²) in [6.45, 7) is 0. The number of hydrogen-bond acceptors (Lipinski definition) is 0. The molecule has 1 rings (SSSR count). The predicted octanol–water partition coefficient (Wildman–Crippen LogP) is -1.83. The molecule has 0 unspecified atom stereocenters. The number of aryl methyl sites for hydroxylation is 1. The van der Waals surface area contributed by atoms with E-state index in [4.69, 9.17) is 11.6 Å². The van der Waals surface area contributed by atoms with Gasteiger partial charge in [0.25, 0.3) is 0 Å². The van der Waals surface area contributed by atoms with Crippen molar-refractivity contribution < 1.29 is 28.5 Å². The summed E-state index contributed by atoms with van der Waals surface area (Å²) >= 11 is 5.62. The van der Waals surface area contributed by atoms with Crippen molar-refractivity contribution in [1.82, 2.24) is 0 Å². The Balaban J connectivity index is 0.000000640. The zero-order valence-corrected chi connectivity index (χ0v) is 7.93. The number of nitrogens with zero attached hydrogens (tertiary/aromatic N) is 1. The highest BCUT2D eigenvalue weighted by molar-refractivity contribution is 6.30. The third kappa shape index (κ3) is 3.01. The summed E-state index contributed by atoms with van der Waals surface area (Å²) in [5, 5.41) is 0.773. The average Bonchev–Trinajstić information content (AvgIpc) is 1.64. The molecule has 1 nitrogen and oxygen atoms in total. The van der Waals surface area contributed by atoms with E-state index in [0.29, 0.717) is 0 Å². The Bertz CT molecular complexity index is 173. The molecule has 0 radical (unpaired) electrons. The molecule has 9 heavy (non-hydrogen) atoms. The smallest absolute Gasteiger partial charge is 0.187 e. The van der Waals surface area contributed by atoms with Crippen LogP contribution in [-0.2, 0) is 7.05 Å². The Morgan fingerprint density at radius 3 is 2.56 bits per heavy atom. The second-order valence-electron chi connectivity index (χ2n) is 1.69. The minimum absolute atomic E-state index is 0. The highest BCUT2D eigenvalue weighted by atomic mass is 127. The van der Waals surface area contributed by atoms with Crippen molar-refractivity contribution in [2.45, 2.75) is 0 Å². The predicted molar refractivity (Wildman–Crippen MR) is 32.6 cm³/mol. The zero-order chi connectivity index (χ0) is 5.98. The molecular weight excluding hydrogens is 248 g/mol. The summed E-state index contributed by atoms with van der Waals surface area (Å²) < 4.78 is 1.91. The molecule has 0 aliphatic heterocycles. The lowest BCUT2D eigenvalue weighted by Crippen LogP contribution is -3.00. The van der Waals surface area contributed by atoms with Crippen LogP contribution in [0.4, 0.5) is 0 Å². The van der Waals surface area contributed by atoms with E-state index in [0.717, 1.165) is 5.02 Å². The number of halogens is 2. The minimum Gasteiger partial charge on any atom is -1.00 e. The van der Waals surface area contributed by atoms with Crippen molar-refractivity contribution in [2.24, 2.45) is 7.05 Å². The molecule has 1 heterocycles. The Hall–Kier alpha value is 0.170. The number of pyridine rings is 1. The molecule has 3 heteroatoms. The van der Waals surface area contributed by atoms with Crippen molar-refractivity contribution >= 4 is 11.6 Å². The van der Waals surface area contributed by atoms with Gasteiger partial charge in [0.2, 0.25) is 0 Å². The maximum atomic E-state index is 5.62. The first kappa shape index (κ1) is 9.17.